The fourth-order valence-electron chi connectivity index (χ4n) is 2.38. The molecule has 0 spiro atoms. The Morgan fingerprint density at radius 3 is 2.19 bits per heavy atom. The molecule has 26 heavy (non-hydrogen) atoms. The van der Waals surface area contributed by atoms with E-state index in [2.05, 4.69) is 10.3 Å². The molecule has 1 heterocycles. The van der Waals surface area contributed by atoms with Gasteiger partial charge in [0, 0.05) is 12.1 Å². The average Bonchev–Trinajstić information content (AvgIpc) is 3.15. The first-order valence-corrected chi connectivity index (χ1v) is 7.74. The molecule has 1 aromatic heterocycles. The third-order valence-electron chi connectivity index (χ3n) is 3.66. The monoisotopic (exact) mass is 359 g/mol. The second-order valence-electron chi connectivity index (χ2n) is 5.28. The summed E-state index contributed by atoms with van der Waals surface area (Å²) in [6.07, 6.45) is 1.73. The van der Waals surface area contributed by atoms with Crippen LogP contribution in [0.15, 0.2) is 42.6 Å². The van der Waals surface area contributed by atoms with Gasteiger partial charge in [0.15, 0.2) is 11.5 Å². The maximum absolute atomic E-state index is 12.9. The van der Waals surface area contributed by atoms with E-state index in [1.54, 1.807) is 56.5 Å². The van der Waals surface area contributed by atoms with Crippen molar-refractivity contribution in [2.24, 2.45) is 0 Å². The van der Waals surface area contributed by atoms with E-state index in [0.717, 1.165) is 0 Å². The molecular weight excluding hydrogens is 341 g/mol. The van der Waals surface area contributed by atoms with Crippen LogP contribution in [-0.2, 0) is 6.61 Å². The number of nitrogens with zero attached hydrogens (tertiary/aromatic N) is 3. The van der Waals surface area contributed by atoms with Crippen molar-refractivity contribution in [2.45, 2.75) is 6.61 Å². The van der Waals surface area contributed by atoms with Crippen molar-refractivity contribution in [3.05, 3.63) is 54.1 Å². The third kappa shape index (κ3) is 3.69. The molecule has 0 saturated heterocycles. The molecule has 0 atom stereocenters. The van der Waals surface area contributed by atoms with Crippen LogP contribution in [0.1, 0.15) is 5.69 Å². The van der Waals surface area contributed by atoms with E-state index < -0.39 is 0 Å². The van der Waals surface area contributed by atoms with E-state index >= 15 is 0 Å². The number of aromatic nitrogens is 3. The van der Waals surface area contributed by atoms with E-state index in [-0.39, 0.29) is 12.4 Å². The topological polar surface area (TPSA) is 67.6 Å². The summed E-state index contributed by atoms with van der Waals surface area (Å²) in [5.74, 6) is 1.76. The van der Waals surface area contributed by atoms with Crippen LogP contribution in [0, 0.1) is 5.82 Å². The van der Waals surface area contributed by atoms with Crippen molar-refractivity contribution in [3.8, 4) is 28.7 Å². The summed E-state index contributed by atoms with van der Waals surface area (Å²) in [6.45, 7) is 0.204. The Morgan fingerprint density at radius 2 is 1.62 bits per heavy atom. The number of ether oxygens (including phenoxy) is 4. The Labute approximate surface area is 149 Å². The minimum Gasteiger partial charge on any atom is -0.493 e. The molecule has 0 amide bonds. The van der Waals surface area contributed by atoms with Crippen LogP contribution in [0.3, 0.4) is 0 Å². The second-order valence-corrected chi connectivity index (χ2v) is 5.28. The predicted octanol–water partition coefficient (Wildman–Crippen LogP) is 3.01. The number of benzene rings is 2. The number of hydrogen-bond acceptors (Lipinski definition) is 6. The molecule has 8 heteroatoms. The van der Waals surface area contributed by atoms with Crippen LogP contribution in [0.4, 0.5) is 4.39 Å². The van der Waals surface area contributed by atoms with Crippen LogP contribution in [-0.4, -0.2) is 36.3 Å². The van der Waals surface area contributed by atoms with Gasteiger partial charge in [0.25, 0.3) is 0 Å². The van der Waals surface area contributed by atoms with Gasteiger partial charge in [-0.25, -0.2) is 9.07 Å². The smallest absolute Gasteiger partial charge is 0.203 e. The average molecular weight is 359 g/mol. The summed E-state index contributed by atoms with van der Waals surface area (Å²) in [7, 11) is 4.63. The first kappa shape index (κ1) is 17.5. The minimum atomic E-state index is -0.314. The Kier molecular flexibility index (Phi) is 5.21. The van der Waals surface area contributed by atoms with E-state index in [1.165, 1.54) is 12.1 Å². The molecule has 0 unspecified atom stereocenters. The van der Waals surface area contributed by atoms with Gasteiger partial charge in [-0.2, -0.15) is 0 Å². The Hall–Kier alpha value is -3.29. The molecule has 0 saturated carbocycles. The van der Waals surface area contributed by atoms with Gasteiger partial charge in [0.1, 0.15) is 23.9 Å². The molecule has 0 fully saturated rings. The molecule has 0 aliphatic heterocycles. The maximum atomic E-state index is 12.9. The van der Waals surface area contributed by atoms with Crippen LogP contribution < -0.4 is 18.9 Å². The van der Waals surface area contributed by atoms with Gasteiger partial charge in [0.2, 0.25) is 5.75 Å². The lowest BCUT2D eigenvalue weighted by Gasteiger charge is -2.13. The van der Waals surface area contributed by atoms with Crippen molar-refractivity contribution in [1.29, 1.82) is 0 Å². The third-order valence-corrected chi connectivity index (χ3v) is 3.66. The van der Waals surface area contributed by atoms with Gasteiger partial charge < -0.3 is 18.9 Å². The molecule has 0 aliphatic carbocycles. The zero-order valence-electron chi connectivity index (χ0n) is 14.6. The van der Waals surface area contributed by atoms with Crippen LogP contribution in [0.25, 0.3) is 5.69 Å². The zero-order chi connectivity index (χ0) is 18.5. The summed E-state index contributed by atoms with van der Waals surface area (Å²) in [4.78, 5) is 0. The minimum absolute atomic E-state index is 0.204. The Morgan fingerprint density at radius 1 is 0.962 bits per heavy atom. The van der Waals surface area contributed by atoms with Gasteiger partial charge in [-0.05, 0) is 24.3 Å². The van der Waals surface area contributed by atoms with Gasteiger partial charge in [-0.1, -0.05) is 5.21 Å². The summed E-state index contributed by atoms with van der Waals surface area (Å²) in [5, 5.41) is 8.17. The number of rotatable bonds is 7. The first-order chi connectivity index (χ1) is 12.6. The van der Waals surface area contributed by atoms with Crippen molar-refractivity contribution in [1.82, 2.24) is 15.0 Å². The highest BCUT2D eigenvalue weighted by atomic mass is 19.1. The molecule has 0 aliphatic rings. The van der Waals surface area contributed by atoms with Gasteiger partial charge in [-0.3, -0.25) is 0 Å². The summed E-state index contributed by atoms with van der Waals surface area (Å²) < 4.78 is 36.0. The number of halogens is 1. The molecule has 3 rings (SSSR count). The number of methoxy groups -OCH3 is 3. The van der Waals surface area contributed by atoms with E-state index in [9.17, 15) is 4.39 Å². The van der Waals surface area contributed by atoms with Crippen molar-refractivity contribution < 1.29 is 23.3 Å². The molecular formula is C18H18FN3O4. The quantitative estimate of drug-likeness (QED) is 0.646. The first-order valence-electron chi connectivity index (χ1n) is 7.74. The lowest BCUT2D eigenvalue weighted by atomic mass is 10.2. The highest BCUT2D eigenvalue weighted by Gasteiger charge is 2.15. The van der Waals surface area contributed by atoms with Crippen LogP contribution >= 0.6 is 0 Å². The summed E-state index contributed by atoms with van der Waals surface area (Å²) in [5.41, 5.74) is 1.31. The highest BCUT2D eigenvalue weighted by Crippen LogP contribution is 2.39. The van der Waals surface area contributed by atoms with Gasteiger partial charge >= 0.3 is 0 Å². The summed E-state index contributed by atoms with van der Waals surface area (Å²) in [6, 6.07) is 9.31. The molecule has 2 aromatic carbocycles. The molecule has 136 valence electrons. The largest absolute Gasteiger partial charge is 0.493 e. The Balaban J connectivity index is 1.79. The van der Waals surface area contributed by atoms with E-state index in [0.29, 0.717) is 34.4 Å². The standard InChI is InChI=1S/C18H18FN3O4/c1-23-16-8-14(9-17(24-2)18(16)25-3)22-10-13(20-21-22)11-26-15-6-4-12(19)5-7-15/h4-10H,11H2,1-3H3. The van der Waals surface area contributed by atoms with Gasteiger partial charge in [-0.15, -0.1) is 5.10 Å². The van der Waals surface area contributed by atoms with Crippen molar-refractivity contribution >= 4 is 0 Å². The second kappa shape index (κ2) is 7.73. The lowest BCUT2D eigenvalue weighted by molar-refractivity contribution is 0.300. The predicted molar refractivity (Wildman–Crippen MR) is 91.7 cm³/mol. The van der Waals surface area contributed by atoms with Crippen LogP contribution in [0.5, 0.6) is 23.0 Å². The number of hydrogen-bond donors (Lipinski definition) is 0. The fourth-order valence-corrected chi connectivity index (χ4v) is 2.38. The van der Waals surface area contributed by atoms with E-state index in [1.807, 2.05) is 0 Å². The maximum Gasteiger partial charge on any atom is 0.203 e. The Bertz CT molecular complexity index is 855. The summed E-state index contributed by atoms with van der Waals surface area (Å²) >= 11 is 0. The van der Waals surface area contributed by atoms with E-state index in [4.69, 9.17) is 18.9 Å². The van der Waals surface area contributed by atoms with Crippen molar-refractivity contribution in [2.75, 3.05) is 21.3 Å². The van der Waals surface area contributed by atoms with Gasteiger partial charge in [0.05, 0.1) is 33.2 Å². The molecule has 0 radical (unpaired) electrons. The lowest BCUT2D eigenvalue weighted by Crippen LogP contribution is -2.00. The molecule has 7 nitrogen and oxygen atoms in total. The highest BCUT2D eigenvalue weighted by molar-refractivity contribution is 5.58. The molecule has 3 aromatic rings. The zero-order valence-corrected chi connectivity index (χ0v) is 14.6. The molecule has 0 bridgehead atoms. The van der Waals surface area contributed by atoms with Crippen molar-refractivity contribution in [3.63, 3.8) is 0 Å². The fraction of sp³-hybridized carbons (Fsp3) is 0.222. The van der Waals surface area contributed by atoms with Crippen LogP contribution in [0.2, 0.25) is 0 Å². The normalized spacial score (nSPS) is 10.5. The molecule has 0 N–H and O–H groups in total. The SMILES string of the molecule is COc1cc(-n2cc(COc3ccc(F)cc3)nn2)cc(OC)c1OC.